The predicted octanol–water partition coefficient (Wildman–Crippen LogP) is 2.58. The first kappa shape index (κ1) is 9.56. The number of halogens is 1. The Hall–Kier alpha value is -0.530. The highest BCUT2D eigenvalue weighted by molar-refractivity contribution is 6.18. The second-order valence-corrected chi connectivity index (χ2v) is 3.34. The van der Waals surface area contributed by atoms with Crippen LogP contribution >= 0.6 is 11.6 Å². The molecule has 0 radical (unpaired) electrons. The second kappa shape index (κ2) is 3.92. The summed E-state index contributed by atoms with van der Waals surface area (Å²) in [5.74, 6) is 0.254. The number of aliphatic hydroxyl groups is 1. The highest BCUT2D eigenvalue weighted by Gasteiger charge is 2.07. The molecule has 2 heteroatoms. The van der Waals surface area contributed by atoms with Gasteiger partial charge in [-0.2, -0.15) is 0 Å². The number of aliphatic hydroxyl groups excluding tert-OH is 1. The molecule has 0 saturated heterocycles. The Morgan fingerprint density at radius 3 is 2.58 bits per heavy atom. The molecular weight excluding hydrogens is 172 g/mol. The van der Waals surface area contributed by atoms with Crippen molar-refractivity contribution in [3.05, 3.63) is 34.9 Å². The first-order valence-corrected chi connectivity index (χ1v) is 4.49. The minimum absolute atomic E-state index is 0.254. The lowest BCUT2D eigenvalue weighted by molar-refractivity contribution is 0.202. The van der Waals surface area contributed by atoms with Gasteiger partial charge in [-0.3, -0.25) is 0 Å². The molecule has 1 aromatic carbocycles. The van der Waals surface area contributed by atoms with E-state index in [1.54, 1.807) is 0 Å². The van der Waals surface area contributed by atoms with Gasteiger partial charge in [0.05, 0.1) is 12.0 Å². The van der Waals surface area contributed by atoms with E-state index >= 15 is 0 Å². The topological polar surface area (TPSA) is 20.2 Å². The molecule has 12 heavy (non-hydrogen) atoms. The predicted molar refractivity (Wildman–Crippen MR) is 51.6 cm³/mol. The highest BCUT2D eigenvalue weighted by Crippen LogP contribution is 2.19. The van der Waals surface area contributed by atoms with Crippen LogP contribution in [0, 0.1) is 13.8 Å². The number of rotatable bonds is 2. The van der Waals surface area contributed by atoms with E-state index in [0.29, 0.717) is 0 Å². The van der Waals surface area contributed by atoms with Crippen LogP contribution < -0.4 is 0 Å². The third-order valence-corrected chi connectivity index (χ3v) is 2.22. The molecule has 1 rings (SSSR count). The van der Waals surface area contributed by atoms with Crippen molar-refractivity contribution in [2.75, 3.05) is 5.88 Å². The van der Waals surface area contributed by atoms with Crippen molar-refractivity contribution in [1.29, 1.82) is 0 Å². The maximum atomic E-state index is 9.47. The highest BCUT2D eigenvalue weighted by atomic mass is 35.5. The standard InChI is InChI=1S/C10H13ClO/c1-7-3-4-9(8(2)5-7)10(12)6-11/h3-5,10,12H,6H2,1-2H3/t10-/m1/s1. The molecule has 0 aliphatic carbocycles. The summed E-state index contributed by atoms with van der Waals surface area (Å²) >= 11 is 5.55. The summed E-state index contributed by atoms with van der Waals surface area (Å²) in [7, 11) is 0. The Kier molecular flexibility index (Phi) is 3.12. The zero-order chi connectivity index (χ0) is 9.14. The number of benzene rings is 1. The van der Waals surface area contributed by atoms with Crippen LogP contribution in [-0.2, 0) is 0 Å². The molecule has 0 unspecified atom stereocenters. The van der Waals surface area contributed by atoms with Gasteiger partial charge in [-0.15, -0.1) is 11.6 Å². The smallest absolute Gasteiger partial charge is 0.0927 e. The van der Waals surface area contributed by atoms with Crippen LogP contribution in [0.3, 0.4) is 0 Å². The SMILES string of the molecule is Cc1ccc([C@H](O)CCl)c(C)c1. The molecule has 1 N–H and O–H groups in total. The molecule has 1 aromatic rings. The molecule has 66 valence electrons. The van der Waals surface area contributed by atoms with Crippen LogP contribution in [-0.4, -0.2) is 11.0 Å². The zero-order valence-corrected chi connectivity index (χ0v) is 8.10. The van der Waals surface area contributed by atoms with Crippen LogP contribution in [0.1, 0.15) is 22.8 Å². The normalized spacial score (nSPS) is 13.0. The summed E-state index contributed by atoms with van der Waals surface area (Å²) in [6.45, 7) is 4.02. The van der Waals surface area contributed by atoms with E-state index in [1.165, 1.54) is 5.56 Å². The largest absolute Gasteiger partial charge is 0.387 e. The summed E-state index contributed by atoms with van der Waals surface area (Å²) in [6.07, 6.45) is -0.535. The van der Waals surface area contributed by atoms with Gasteiger partial charge in [-0.1, -0.05) is 23.8 Å². The molecule has 0 aliphatic heterocycles. The minimum Gasteiger partial charge on any atom is -0.387 e. The Morgan fingerprint density at radius 1 is 1.42 bits per heavy atom. The third-order valence-electron chi connectivity index (χ3n) is 1.93. The molecule has 0 amide bonds. The van der Waals surface area contributed by atoms with E-state index < -0.39 is 6.10 Å². The van der Waals surface area contributed by atoms with Gasteiger partial charge in [0.2, 0.25) is 0 Å². The van der Waals surface area contributed by atoms with E-state index in [4.69, 9.17) is 11.6 Å². The van der Waals surface area contributed by atoms with Gasteiger partial charge < -0.3 is 5.11 Å². The van der Waals surface area contributed by atoms with E-state index in [-0.39, 0.29) is 5.88 Å². The summed E-state index contributed by atoms with van der Waals surface area (Å²) in [4.78, 5) is 0. The van der Waals surface area contributed by atoms with Gasteiger partial charge in [0.25, 0.3) is 0 Å². The first-order chi connectivity index (χ1) is 5.65. The molecule has 0 heterocycles. The number of alkyl halides is 1. The van der Waals surface area contributed by atoms with Crippen molar-refractivity contribution >= 4 is 11.6 Å². The van der Waals surface area contributed by atoms with E-state index in [2.05, 4.69) is 0 Å². The van der Waals surface area contributed by atoms with E-state index in [0.717, 1.165) is 11.1 Å². The monoisotopic (exact) mass is 184 g/mol. The third kappa shape index (κ3) is 1.99. The van der Waals surface area contributed by atoms with Gasteiger partial charge in [-0.25, -0.2) is 0 Å². The Balaban J connectivity index is 3.01. The molecule has 0 bridgehead atoms. The lowest BCUT2D eigenvalue weighted by atomic mass is 10.0. The molecular formula is C10H13ClO. The lowest BCUT2D eigenvalue weighted by Crippen LogP contribution is -2.01. The van der Waals surface area contributed by atoms with Crippen LogP contribution in [0.5, 0.6) is 0 Å². The van der Waals surface area contributed by atoms with Crippen molar-refractivity contribution in [2.45, 2.75) is 20.0 Å². The average molecular weight is 185 g/mol. The zero-order valence-electron chi connectivity index (χ0n) is 7.34. The fourth-order valence-corrected chi connectivity index (χ4v) is 1.45. The maximum absolute atomic E-state index is 9.47. The summed E-state index contributed by atoms with van der Waals surface area (Å²) in [5.41, 5.74) is 3.23. The summed E-state index contributed by atoms with van der Waals surface area (Å²) in [5, 5.41) is 9.47. The fourth-order valence-electron chi connectivity index (χ4n) is 1.28. The molecule has 0 spiro atoms. The fraction of sp³-hybridized carbons (Fsp3) is 0.400. The summed E-state index contributed by atoms with van der Waals surface area (Å²) in [6, 6.07) is 5.96. The quantitative estimate of drug-likeness (QED) is 0.701. The molecule has 1 atom stereocenters. The molecule has 0 fully saturated rings. The van der Waals surface area contributed by atoms with Crippen molar-refractivity contribution in [2.24, 2.45) is 0 Å². The Morgan fingerprint density at radius 2 is 2.08 bits per heavy atom. The molecule has 0 aliphatic rings. The second-order valence-electron chi connectivity index (χ2n) is 3.03. The minimum atomic E-state index is -0.535. The lowest BCUT2D eigenvalue weighted by Gasteiger charge is -2.10. The van der Waals surface area contributed by atoms with Crippen LogP contribution in [0.25, 0.3) is 0 Å². The Labute approximate surface area is 78.0 Å². The van der Waals surface area contributed by atoms with Crippen molar-refractivity contribution in [1.82, 2.24) is 0 Å². The van der Waals surface area contributed by atoms with Gasteiger partial charge in [0.1, 0.15) is 0 Å². The molecule has 0 aromatic heterocycles. The van der Waals surface area contributed by atoms with Gasteiger partial charge in [0, 0.05) is 0 Å². The Bertz CT molecular complexity index is 271. The van der Waals surface area contributed by atoms with E-state index in [1.807, 2.05) is 32.0 Å². The molecule has 1 nitrogen and oxygen atoms in total. The van der Waals surface area contributed by atoms with Gasteiger partial charge >= 0.3 is 0 Å². The summed E-state index contributed by atoms with van der Waals surface area (Å²) < 4.78 is 0. The van der Waals surface area contributed by atoms with Gasteiger partial charge in [-0.05, 0) is 25.0 Å². The molecule has 0 saturated carbocycles. The number of hydrogen-bond acceptors (Lipinski definition) is 1. The number of aryl methyl sites for hydroxylation is 2. The van der Waals surface area contributed by atoms with Crippen LogP contribution in [0.15, 0.2) is 18.2 Å². The van der Waals surface area contributed by atoms with Crippen LogP contribution in [0.4, 0.5) is 0 Å². The van der Waals surface area contributed by atoms with Crippen molar-refractivity contribution < 1.29 is 5.11 Å². The number of hydrogen-bond donors (Lipinski definition) is 1. The van der Waals surface area contributed by atoms with E-state index in [9.17, 15) is 5.11 Å². The van der Waals surface area contributed by atoms with Gasteiger partial charge in [0.15, 0.2) is 0 Å². The first-order valence-electron chi connectivity index (χ1n) is 3.96. The van der Waals surface area contributed by atoms with Crippen LogP contribution in [0.2, 0.25) is 0 Å². The maximum Gasteiger partial charge on any atom is 0.0927 e. The van der Waals surface area contributed by atoms with Crippen molar-refractivity contribution in [3.8, 4) is 0 Å². The van der Waals surface area contributed by atoms with Crippen molar-refractivity contribution in [3.63, 3.8) is 0 Å². The average Bonchev–Trinajstić information content (AvgIpc) is 2.03.